The van der Waals surface area contributed by atoms with Gasteiger partial charge in [-0.05, 0) is 82.6 Å². The van der Waals surface area contributed by atoms with Crippen molar-refractivity contribution in [2.45, 2.75) is 103 Å². The highest BCUT2D eigenvalue weighted by Crippen LogP contribution is 2.40. The van der Waals surface area contributed by atoms with E-state index in [1.165, 1.54) is 27.6 Å². The van der Waals surface area contributed by atoms with E-state index < -0.39 is 8.32 Å². The van der Waals surface area contributed by atoms with Crippen molar-refractivity contribution in [3.63, 3.8) is 0 Å². The molecular formula is C30H45NO2Si. The van der Waals surface area contributed by atoms with Gasteiger partial charge in [-0.15, -0.1) is 6.58 Å². The van der Waals surface area contributed by atoms with Crippen LogP contribution in [0.5, 0.6) is 0 Å². The third-order valence-corrected chi connectivity index (χ3v) is 12.0. The first-order chi connectivity index (χ1) is 15.9. The van der Waals surface area contributed by atoms with Gasteiger partial charge in [-0.3, -0.25) is 0 Å². The maximum absolute atomic E-state index is 6.64. The summed E-state index contributed by atoms with van der Waals surface area (Å²) >= 11 is 0. The van der Waals surface area contributed by atoms with Crippen LogP contribution in [0.1, 0.15) is 72.8 Å². The largest absolute Gasteiger partial charge is 0.469 e. The molecule has 2 atom stereocenters. The molecule has 34 heavy (non-hydrogen) atoms. The predicted molar refractivity (Wildman–Crippen MR) is 149 cm³/mol. The molecule has 1 aliphatic heterocycles. The summed E-state index contributed by atoms with van der Waals surface area (Å²) in [6.45, 7) is 21.9. The Balaban J connectivity index is 1.59. The number of hydrogen-bond donors (Lipinski definition) is 0. The lowest BCUT2D eigenvalue weighted by molar-refractivity contribution is 0.263. The molecule has 3 nitrogen and oxygen atoms in total. The van der Waals surface area contributed by atoms with Gasteiger partial charge < -0.3 is 9.26 Å². The second kappa shape index (κ2) is 10.3. The van der Waals surface area contributed by atoms with Gasteiger partial charge in [0.05, 0.1) is 11.6 Å². The molecule has 1 aromatic heterocycles. The van der Waals surface area contributed by atoms with Crippen LogP contribution in [0.15, 0.2) is 66.4 Å². The van der Waals surface area contributed by atoms with Gasteiger partial charge in [-0.2, -0.15) is 0 Å². The molecule has 0 amide bonds. The third kappa shape index (κ3) is 6.34. The molecule has 0 spiro atoms. The van der Waals surface area contributed by atoms with Gasteiger partial charge >= 0.3 is 0 Å². The van der Waals surface area contributed by atoms with E-state index >= 15 is 0 Å². The Bertz CT molecular complexity index is 1070. The summed E-state index contributed by atoms with van der Waals surface area (Å²) in [5, 5.41) is 1.45. The van der Waals surface area contributed by atoms with Crippen LogP contribution in [-0.4, -0.2) is 24.8 Å². The maximum atomic E-state index is 6.64. The van der Waals surface area contributed by atoms with Gasteiger partial charge in [-0.1, -0.05) is 68.3 Å². The van der Waals surface area contributed by atoms with Gasteiger partial charge in [0.15, 0.2) is 0 Å². The van der Waals surface area contributed by atoms with Gasteiger partial charge in [-0.25, -0.2) is 4.73 Å². The normalized spacial score (nSPS) is 21.7. The summed E-state index contributed by atoms with van der Waals surface area (Å²) in [6.07, 6.45) is 14.6. The summed E-state index contributed by atoms with van der Waals surface area (Å²) in [4.78, 5) is 0. The molecule has 0 unspecified atom stereocenters. The Morgan fingerprint density at radius 1 is 1.15 bits per heavy atom. The highest BCUT2D eigenvalue weighted by Gasteiger charge is 2.48. The Kier molecular flexibility index (Phi) is 8.04. The summed E-state index contributed by atoms with van der Waals surface area (Å²) in [5.74, 6) is 0. The second-order valence-electron chi connectivity index (χ2n) is 11.7. The van der Waals surface area contributed by atoms with E-state index in [-0.39, 0.29) is 10.6 Å². The van der Waals surface area contributed by atoms with Crippen molar-refractivity contribution in [2.75, 3.05) is 0 Å². The molecule has 4 heteroatoms. The smallest absolute Gasteiger partial charge is 0.284 e. The average Bonchev–Trinajstić information content (AvgIpc) is 3.31. The van der Waals surface area contributed by atoms with Crippen molar-refractivity contribution in [3.05, 3.63) is 72.0 Å². The number of hydrogen-bond acceptors (Lipinski definition) is 2. The van der Waals surface area contributed by atoms with Crippen LogP contribution in [0.25, 0.3) is 10.9 Å². The number of allylic oxidation sites excluding steroid dienone is 4. The Labute approximate surface area is 208 Å². The molecule has 3 rings (SSSR count). The Morgan fingerprint density at radius 2 is 1.82 bits per heavy atom. The number of epoxide rings is 1. The number of fused-ring (bicyclic) bond motifs is 1. The zero-order valence-electron chi connectivity index (χ0n) is 22.7. The van der Waals surface area contributed by atoms with E-state index in [0.29, 0.717) is 6.10 Å². The van der Waals surface area contributed by atoms with Crippen LogP contribution in [0.2, 0.25) is 18.1 Å². The topological polar surface area (TPSA) is 26.7 Å². The van der Waals surface area contributed by atoms with Gasteiger partial charge in [0.1, 0.15) is 5.60 Å². The number of nitrogens with zero attached hydrogens (tertiary/aromatic N) is 1. The zero-order chi connectivity index (χ0) is 25.1. The SMILES string of the molecule is C=C[C@]1(C)O[C@H]1CC/C(C)=C/CC/C(C)=C/Cc1cn(O[Si](C)(C)C(C)(C)C)c2ccccc12. The van der Waals surface area contributed by atoms with E-state index in [9.17, 15) is 0 Å². The highest BCUT2D eigenvalue weighted by molar-refractivity contribution is 6.74. The molecule has 0 N–H and O–H groups in total. The molecule has 0 saturated carbocycles. The molecule has 1 aliphatic rings. The van der Waals surface area contributed by atoms with Gasteiger partial charge in [0.2, 0.25) is 0 Å². The van der Waals surface area contributed by atoms with E-state index in [1.807, 2.05) is 10.8 Å². The van der Waals surface area contributed by atoms with Gasteiger partial charge in [0, 0.05) is 11.6 Å². The van der Waals surface area contributed by atoms with Crippen LogP contribution >= 0.6 is 0 Å². The minimum Gasteiger partial charge on any atom is -0.469 e. The first-order valence-electron chi connectivity index (χ1n) is 12.8. The third-order valence-electron chi connectivity index (χ3n) is 7.78. The molecule has 0 bridgehead atoms. The maximum Gasteiger partial charge on any atom is 0.284 e. The molecular weight excluding hydrogens is 434 g/mol. The van der Waals surface area contributed by atoms with Crippen molar-refractivity contribution >= 4 is 19.2 Å². The molecule has 0 aliphatic carbocycles. The number of ether oxygens (including phenoxy) is 1. The van der Waals surface area contributed by atoms with Gasteiger partial charge in [0.25, 0.3) is 8.32 Å². The number of para-hydroxylation sites is 1. The first kappa shape index (κ1) is 26.6. The molecule has 1 aromatic carbocycles. The van der Waals surface area contributed by atoms with Crippen LogP contribution in [0.4, 0.5) is 0 Å². The lowest BCUT2D eigenvalue weighted by atomic mass is 10.0. The Hall–Kier alpha value is -2.04. The monoisotopic (exact) mass is 479 g/mol. The number of benzene rings is 1. The molecule has 186 valence electrons. The summed E-state index contributed by atoms with van der Waals surface area (Å²) in [7, 11) is -1.91. The molecule has 2 aromatic rings. The van der Waals surface area contributed by atoms with E-state index in [1.54, 1.807) is 0 Å². The number of aromatic nitrogens is 1. The van der Waals surface area contributed by atoms with Crippen molar-refractivity contribution in [3.8, 4) is 0 Å². The minimum absolute atomic E-state index is 0.0849. The average molecular weight is 480 g/mol. The van der Waals surface area contributed by atoms with Crippen molar-refractivity contribution in [2.24, 2.45) is 0 Å². The second-order valence-corrected chi connectivity index (χ2v) is 16.4. The summed E-state index contributed by atoms with van der Waals surface area (Å²) in [5.41, 5.74) is 5.31. The van der Waals surface area contributed by atoms with Crippen LogP contribution in [0.3, 0.4) is 0 Å². The first-order valence-corrected chi connectivity index (χ1v) is 15.7. The predicted octanol–water partition coefficient (Wildman–Crippen LogP) is 8.41. The van der Waals surface area contributed by atoms with Crippen LogP contribution < -0.4 is 4.53 Å². The van der Waals surface area contributed by atoms with Crippen molar-refractivity contribution in [1.29, 1.82) is 0 Å². The van der Waals surface area contributed by atoms with E-state index in [0.717, 1.165) is 32.1 Å². The lowest BCUT2D eigenvalue weighted by Gasteiger charge is -2.36. The minimum atomic E-state index is -1.91. The fourth-order valence-corrected chi connectivity index (χ4v) is 4.95. The quantitative estimate of drug-likeness (QED) is 0.184. The lowest BCUT2D eigenvalue weighted by Crippen LogP contribution is -2.47. The zero-order valence-corrected chi connectivity index (χ0v) is 23.7. The molecule has 1 fully saturated rings. The fourth-order valence-electron chi connectivity index (χ4n) is 4.03. The highest BCUT2D eigenvalue weighted by atomic mass is 28.4. The summed E-state index contributed by atoms with van der Waals surface area (Å²) in [6, 6.07) is 8.60. The fraction of sp³-hybridized carbons (Fsp3) is 0.533. The Morgan fingerprint density at radius 3 is 2.47 bits per heavy atom. The van der Waals surface area contributed by atoms with Crippen molar-refractivity contribution < 1.29 is 9.26 Å². The number of rotatable bonds is 11. The van der Waals surface area contributed by atoms with E-state index in [4.69, 9.17) is 9.26 Å². The summed E-state index contributed by atoms with van der Waals surface area (Å²) < 4.78 is 14.4. The van der Waals surface area contributed by atoms with Crippen LogP contribution in [0, 0.1) is 0 Å². The van der Waals surface area contributed by atoms with E-state index in [2.05, 4.69) is 104 Å². The van der Waals surface area contributed by atoms with Crippen LogP contribution in [-0.2, 0) is 11.2 Å². The van der Waals surface area contributed by atoms with Crippen molar-refractivity contribution in [1.82, 2.24) is 4.73 Å². The molecule has 0 radical (unpaired) electrons. The standard InChI is InChI=1S/C30H45NO2Si/c1-10-30(7)28(32-30)21-19-24(3)15-13-14-23(2)18-20-25-22-31(27-17-12-11-16-26(25)27)33-34(8,9)29(4,5)6/h10-12,15-18,22,28H,1,13-14,19-21H2,2-9H3/b23-18+,24-15+/t28-,30-/m0/s1. The molecule has 2 heterocycles. The molecule has 1 saturated heterocycles.